The van der Waals surface area contributed by atoms with Gasteiger partial charge in [-0.15, -0.1) is 0 Å². The number of hydrogen-bond donors (Lipinski definition) is 1. The highest BCUT2D eigenvalue weighted by Crippen LogP contribution is 2.22. The number of hydrogen-bond acceptors (Lipinski definition) is 3. The molecular weight excluding hydrogens is 276 g/mol. The maximum Gasteiger partial charge on any atom is 0.287 e. The van der Waals surface area contributed by atoms with Gasteiger partial charge in [-0.2, -0.15) is 0 Å². The Kier molecular flexibility index (Phi) is 4.29. The van der Waals surface area contributed by atoms with Crippen LogP contribution < -0.4 is 5.32 Å². The first-order valence-electron chi connectivity index (χ1n) is 7.75. The van der Waals surface area contributed by atoms with Crippen molar-refractivity contribution in [2.45, 2.75) is 13.3 Å². The van der Waals surface area contributed by atoms with Crippen molar-refractivity contribution in [1.29, 1.82) is 0 Å². The molecule has 3 rings (SSSR count). The van der Waals surface area contributed by atoms with Gasteiger partial charge in [-0.25, -0.2) is 0 Å². The van der Waals surface area contributed by atoms with Gasteiger partial charge in [-0.05, 0) is 45.0 Å². The van der Waals surface area contributed by atoms with E-state index >= 15 is 0 Å². The standard InChI is InChI=1S/C18H22N2O2/c1-13-3-5-15(6-4-13)16-7-8-17(22-16)18(21)19-11-14-9-10-20(2)12-14/h3-8,14H,9-12H2,1-2H3,(H,19,21). The Labute approximate surface area is 131 Å². The summed E-state index contributed by atoms with van der Waals surface area (Å²) in [6, 6.07) is 11.7. The summed E-state index contributed by atoms with van der Waals surface area (Å²) >= 11 is 0. The van der Waals surface area contributed by atoms with Gasteiger partial charge in [0.05, 0.1) is 0 Å². The lowest BCUT2D eigenvalue weighted by Gasteiger charge is -2.10. The lowest BCUT2D eigenvalue weighted by molar-refractivity contribution is 0.0920. The largest absolute Gasteiger partial charge is 0.451 e. The second-order valence-corrected chi connectivity index (χ2v) is 6.16. The molecule has 2 aromatic rings. The van der Waals surface area contributed by atoms with Crippen molar-refractivity contribution in [1.82, 2.24) is 10.2 Å². The molecule has 1 N–H and O–H groups in total. The highest BCUT2D eigenvalue weighted by Gasteiger charge is 2.20. The van der Waals surface area contributed by atoms with Crippen LogP contribution in [0.15, 0.2) is 40.8 Å². The normalized spacial score (nSPS) is 18.5. The number of carbonyl (C=O) groups is 1. The van der Waals surface area contributed by atoms with E-state index in [1.54, 1.807) is 6.07 Å². The first kappa shape index (κ1) is 14.9. The molecule has 0 bridgehead atoms. The molecule has 0 aliphatic carbocycles. The minimum Gasteiger partial charge on any atom is -0.451 e. The summed E-state index contributed by atoms with van der Waals surface area (Å²) in [4.78, 5) is 14.5. The molecule has 1 aromatic heterocycles. The van der Waals surface area contributed by atoms with Crippen molar-refractivity contribution in [3.05, 3.63) is 47.7 Å². The SMILES string of the molecule is Cc1ccc(-c2ccc(C(=O)NCC3CCN(C)C3)o2)cc1. The summed E-state index contributed by atoms with van der Waals surface area (Å²) in [5.41, 5.74) is 2.19. The van der Waals surface area contributed by atoms with E-state index in [-0.39, 0.29) is 5.91 Å². The third-order valence-corrected chi connectivity index (χ3v) is 4.21. The van der Waals surface area contributed by atoms with Gasteiger partial charge in [0.1, 0.15) is 5.76 Å². The fraction of sp³-hybridized carbons (Fsp3) is 0.389. The van der Waals surface area contributed by atoms with Gasteiger partial charge in [-0.3, -0.25) is 4.79 Å². The summed E-state index contributed by atoms with van der Waals surface area (Å²) < 4.78 is 5.69. The number of amides is 1. The molecule has 0 radical (unpaired) electrons. The van der Waals surface area contributed by atoms with Crippen molar-refractivity contribution in [3.63, 3.8) is 0 Å². The highest BCUT2D eigenvalue weighted by atomic mass is 16.3. The Bertz CT molecular complexity index is 645. The van der Waals surface area contributed by atoms with Crippen LogP contribution in [0.25, 0.3) is 11.3 Å². The number of furan rings is 1. The lowest BCUT2D eigenvalue weighted by atomic mass is 10.1. The van der Waals surface area contributed by atoms with Gasteiger partial charge in [0, 0.05) is 18.7 Å². The fourth-order valence-electron chi connectivity index (χ4n) is 2.85. The molecule has 22 heavy (non-hydrogen) atoms. The van der Waals surface area contributed by atoms with Gasteiger partial charge < -0.3 is 14.6 Å². The van der Waals surface area contributed by atoms with Crippen LogP contribution in [-0.2, 0) is 0 Å². The monoisotopic (exact) mass is 298 g/mol. The van der Waals surface area contributed by atoms with Crippen molar-refractivity contribution in [3.8, 4) is 11.3 Å². The van der Waals surface area contributed by atoms with Crippen molar-refractivity contribution >= 4 is 5.91 Å². The van der Waals surface area contributed by atoms with Crippen LogP contribution >= 0.6 is 0 Å². The Morgan fingerprint density at radius 2 is 2.05 bits per heavy atom. The molecule has 1 saturated heterocycles. The molecule has 1 unspecified atom stereocenters. The molecule has 1 aliphatic heterocycles. The number of carbonyl (C=O) groups excluding carboxylic acids is 1. The molecule has 1 amide bonds. The number of benzene rings is 1. The third-order valence-electron chi connectivity index (χ3n) is 4.21. The number of aryl methyl sites for hydroxylation is 1. The van der Waals surface area contributed by atoms with Crippen LogP contribution in [-0.4, -0.2) is 37.5 Å². The van der Waals surface area contributed by atoms with Crippen molar-refractivity contribution < 1.29 is 9.21 Å². The van der Waals surface area contributed by atoms with Gasteiger partial charge in [-0.1, -0.05) is 29.8 Å². The zero-order chi connectivity index (χ0) is 15.5. The van der Waals surface area contributed by atoms with E-state index in [2.05, 4.69) is 17.3 Å². The predicted molar refractivity (Wildman–Crippen MR) is 86.8 cm³/mol. The molecule has 1 aromatic carbocycles. The Morgan fingerprint density at radius 3 is 2.73 bits per heavy atom. The van der Waals surface area contributed by atoms with Crippen LogP contribution in [0, 0.1) is 12.8 Å². The summed E-state index contributed by atoms with van der Waals surface area (Å²) in [7, 11) is 2.11. The van der Waals surface area contributed by atoms with Crippen molar-refractivity contribution in [2.75, 3.05) is 26.7 Å². The fourth-order valence-corrected chi connectivity index (χ4v) is 2.85. The van der Waals surface area contributed by atoms with E-state index in [0.717, 1.165) is 30.8 Å². The number of likely N-dealkylation sites (tertiary alicyclic amines) is 1. The maximum atomic E-state index is 12.2. The number of rotatable bonds is 4. The smallest absolute Gasteiger partial charge is 0.287 e. The van der Waals surface area contributed by atoms with Gasteiger partial charge in [0.15, 0.2) is 5.76 Å². The number of nitrogens with zero attached hydrogens (tertiary/aromatic N) is 1. The van der Waals surface area contributed by atoms with Crippen LogP contribution in [0.5, 0.6) is 0 Å². The Hall–Kier alpha value is -2.07. The molecule has 4 heteroatoms. The molecule has 1 aliphatic rings. The summed E-state index contributed by atoms with van der Waals surface area (Å²) in [5.74, 6) is 1.51. The van der Waals surface area contributed by atoms with E-state index in [0.29, 0.717) is 18.2 Å². The zero-order valence-corrected chi connectivity index (χ0v) is 13.1. The molecule has 0 spiro atoms. The topological polar surface area (TPSA) is 45.5 Å². The molecule has 0 saturated carbocycles. The molecule has 1 atom stereocenters. The maximum absolute atomic E-state index is 12.2. The first-order valence-corrected chi connectivity index (χ1v) is 7.75. The van der Waals surface area contributed by atoms with E-state index in [1.807, 2.05) is 37.3 Å². The Balaban J connectivity index is 1.60. The van der Waals surface area contributed by atoms with Crippen molar-refractivity contribution in [2.24, 2.45) is 5.92 Å². The van der Waals surface area contributed by atoms with E-state index in [9.17, 15) is 4.79 Å². The third kappa shape index (κ3) is 3.39. The lowest BCUT2D eigenvalue weighted by Crippen LogP contribution is -2.30. The van der Waals surface area contributed by atoms with Crippen LogP contribution in [0.3, 0.4) is 0 Å². The minimum atomic E-state index is -0.132. The Morgan fingerprint density at radius 1 is 1.27 bits per heavy atom. The van der Waals surface area contributed by atoms with E-state index < -0.39 is 0 Å². The van der Waals surface area contributed by atoms with Crippen LogP contribution in [0.4, 0.5) is 0 Å². The van der Waals surface area contributed by atoms with Crippen LogP contribution in [0.2, 0.25) is 0 Å². The molecular formula is C18H22N2O2. The highest BCUT2D eigenvalue weighted by molar-refractivity contribution is 5.92. The second-order valence-electron chi connectivity index (χ2n) is 6.16. The minimum absolute atomic E-state index is 0.132. The number of nitrogens with one attached hydrogen (secondary N) is 1. The average molecular weight is 298 g/mol. The summed E-state index contributed by atoms with van der Waals surface area (Å²) in [5, 5.41) is 2.98. The summed E-state index contributed by atoms with van der Waals surface area (Å²) in [6.07, 6.45) is 1.14. The second kappa shape index (κ2) is 6.36. The summed E-state index contributed by atoms with van der Waals surface area (Å²) in [6.45, 7) is 4.92. The molecule has 2 heterocycles. The average Bonchev–Trinajstić information content (AvgIpc) is 3.15. The van der Waals surface area contributed by atoms with Gasteiger partial charge in [0.2, 0.25) is 0 Å². The van der Waals surface area contributed by atoms with E-state index in [1.165, 1.54) is 5.56 Å². The first-order chi connectivity index (χ1) is 10.6. The van der Waals surface area contributed by atoms with Gasteiger partial charge in [0.25, 0.3) is 5.91 Å². The quantitative estimate of drug-likeness (QED) is 0.944. The molecule has 116 valence electrons. The molecule has 1 fully saturated rings. The van der Waals surface area contributed by atoms with E-state index in [4.69, 9.17) is 4.42 Å². The predicted octanol–water partition coefficient (Wildman–Crippen LogP) is 2.94. The van der Waals surface area contributed by atoms with Gasteiger partial charge >= 0.3 is 0 Å². The zero-order valence-electron chi connectivity index (χ0n) is 13.1. The molecule has 4 nitrogen and oxygen atoms in total. The van der Waals surface area contributed by atoms with Crippen LogP contribution in [0.1, 0.15) is 22.5 Å².